The van der Waals surface area contributed by atoms with Gasteiger partial charge in [-0.05, 0) is 70.1 Å². The lowest BCUT2D eigenvalue weighted by molar-refractivity contribution is 0.242. The molecule has 21 heavy (non-hydrogen) atoms. The van der Waals surface area contributed by atoms with Crippen LogP contribution in [-0.2, 0) is 0 Å². The summed E-state index contributed by atoms with van der Waals surface area (Å²) >= 11 is 0. The highest BCUT2D eigenvalue weighted by molar-refractivity contribution is 5.29. The molecule has 0 amide bonds. The lowest BCUT2D eigenvalue weighted by Gasteiger charge is -2.31. The topological polar surface area (TPSA) is 21.3 Å². The molecule has 0 heterocycles. The van der Waals surface area contributed by atoms with Gasteiger partial charge in [-0.2, -0.15) is 0 Å². The van der Waals surface area contributed by atoms with E-state index >= 15 is 0 Å². The van der Waals surface area contributed by atoms with E-state index in [1.165, 1.54) is 37.7 Å². The highest BCUT2D eigenvalue weighted by atomic mass is 16.5. The van der Waals surface area contributed by atoms with Gasteiger partial charge in [0.15, 0.2) is 0 Å². The van der Waals surface area contributed by atoms with Crippen molar-refractivity contribution < 1.29 is 4.74 Å². The summed E-state index contributed by atoms with van der Waals surface area (Å²) in [7, 11) is 0. The summed E-state index contributed by atoms with van der Waals surface area (Å²) < 4.78 is 5.70. The van der Waals surface area contributed by atoms with E-state index in [0.717, 1.165) is 11.7 Å². The quantitative estimate of drug-likeness (QED) is 0.787. The minimum atomic E-state index is 0.236. The summed E-state index contributed by atoms with van der Waals surface area (Å²) in [5.74, 6) is 1.93. The van der Waals surface area contributed by atoms with Gasteiger partial charge in [0, 0.05) is 12.1 Å². The number of hydrogen-bond acceptors (Lipinski definition) is 2. The fraction of sp³-hybridized carbons (Fsp3) is 0.684. The molecule has 1 N–H and O–H groups in total. The first-order valence-electron chi connectivity index (χ1n) is 8.61. The van der Waals surface area contributed by atoms with Crippen molar-refractivity contribution in [1.82, 2.24) is 5.32 Å². The first-order chi connectivity index (χ1) is 10.1. The predicted molar refractivity (Wildman–Crippen MR) is 89.8 cm³/mol. The third-order valence-electron chi connectivity index (χ3n) is 4.66. The second-order valence-electron chi connectivity index (χ2n) is 6.75. The van der Waals surface area contributed by atoms with Gasteiger partial charge in [-0.3, -0.25) is 0 Å². The van der Waals surface area contributed by atoms with Crippen LogP contribution in [0, 0.1) is 5.92 Å². The first kappa shape index (κ1) is 16.4. The third-order valence-corrected chi connectivity index (χ3v) is 4.66. The normalized spacial score (nSPS) is 24.0. The van der Waals surface area contributed by atoms with E-state index in [1.807, 2.05) is 0 Å². The van der Waals surface area contributed by atoms with Crippen LogP contribution in [0.1, 0.15) is 71.4 Å². The summed E-state index contributed by atoms with van der Waals surface area (Å²) in [5, 5.41) is 3.80. The molecule has 1 aromatic rings. The Morgan fingerprint density at radius 1 is 1.05 bits per heavy atom. The monoisotopic (exact) mass is 289 g/mol. The van der Waals surface area contributed by atoms with Gasteiger partial charge in [0.1, 0.15) is 5.75 Å². The van der Waals surface area contributed by atoms with Gasteiger partial charge < -0.3 is 10.1 Å². The van der Waals surface area contributed by atoms with Crippen molar-refractivity contribution >= 4 is 0 Å². The highest BCUT2D eigenvalue weighted by Crippen LogP contribution is 2.28. The molecule has 0 aromatic heterocycles. The Balaban J connectivity index is 1.84. The van der Waals surface area contributed by atoms with Gasteiger partial charge in [-0.25, -0.2) is 0 Å². The van der Waals surface area contributed by atoms with E-state index in [-0.39, 0.29) is 6.10 Å². The molecule has 1 aliphatic carbocycles. The molecule has 1 aromatic carbocycles. The van der Waals surface area contributed by atoms with Gasteiger partial charge >= 0.3 is 0 Å². The van der Waals surface area contributed by atoms with Crippen LogP contribution in [0.3, 0.4) is 0 Å². The Labute approximate surface area is 130 Å². The summed E-state index contributed by atoms with van der Waals surface area (Å²) in [5.41, 5.74) is 1.35. The minimum absolute atomic E-state index is 0.236. The van der Waals surface area contributed by atoms with Crippen LogP contribution < -0.4 is 10.1 Å². The Hall–Kier alpha value is -1.02. The average Bonchev–Trinajstić information content (AvgIpc) is 2.48. The molecule has 2 nitrogen and oxygen atoms in total. The van der Waals surface area contributed by atoms with E-state index < -0.39 is 0 Å². The molecule has 1 aliphatic rings. The number of benzene rings is 1. The van der Waals surface area contributed by atoms with Gasteiger partial charge in [0.05, 0.1) is 6.10 Å². The zero-order valence-corrected chi connectivity index (χ0v) is 14.1. The Kier molecular flexibility index (Phi) is 6.10. The molecule has 1 atom stereocenters. The maximum atomic E-state index is 5.70. The number of rotatable bonds is 6. The molecule has 0 radical (unpaired) electrons. The molecule has 2 rings (SSSR count). The van der Waals surface area contributed by atoms with E-state index in [4.69, 9.17) is 4.74 Å². The second kappa shape index (κ2) is 7.84. The average molecular weight is 289 g/mol. The van der Waals surface area contributed by atoms with Crippen molar-refractivity contribution in [2.24, 2.45) is 5.92 Å². The third kappa shape index (κ3) is 5.03. The van der Waals surface area contributed by atoms with Crippen molar-refractivity contribution in [2.75, 3.05) is 0 Å². The maximum Gasteiger partial charge on any atom is 0.119 e. The molecule has 118 valence electrons. The van der Waals surface area contributed by atoms with Crippen molar-refractivity contribution in [3.05, 3.63) is 29.8 Å². The van der Waals surface area contributed by atoms with Crippen LogP contribution in [0.25, 0.3) is 0 Å². The van der Waals surface area contributed by atoms with E-state index in [1.54, 1.807) is 0 Å². The number of ether oxygens (including phenoxy) is 1. The molecule has 0 spiro atoms. The maximum absolute atomic E-state index is 5.70. The summed E-state index contributed by atoms with van der Waals surface area (Å²) in [6.45, 7) is 8.71. The van der Waals surface area contributed by atoms with Crippen LogP contribution in [-0.4, -0.2) is 12.1 Å². The molecular weight excluding hydrogens is 258 g/mol. The van der Waals surface area contributed by atoms with Crippen molar-refractivity contribution in [3.8, 4) is 5.75 Å². The molecule has 1 fully saturated rings. The zero-order chi connectivity index (χ0) is 15.2. The molecular formula is C19H31NO. The Bertz CT molecular complexity index is 404. The van der Waals surface area contributed by atoms with Crippen LogP contribution in [0.5, 0.6) is 5.75 Å². The zero-order valence-electron chi connectivity index (χ0n) is 14.1. The summed E-state index contributed by atoms with van der Waals surface area (Å²) in [6.07, 6.45) is 7.03. The second-order valence-corrected chi connectivity index (χ2v) is 6.75. The summed E-state index contributed by atoms with van der Waals surface area (Å²) in [6, 6.07) is 9.65. The fourth-order valence-corrected chi connectivity index (χ4v) is 3.29. The molecule has 0 aliphatic heterocycles. The lowest BCUT2D eigenvalue weighted by Crippen LogP contribution is -2.34. The largest absolute Gasteiger partial charge is 0.491 e. The highest BCUT2D eigenvalue weighted by Gasteiger charge is 2.21. The first-order valence-corrected chi connectivity index (χ1v) is 8.61. The molecule has 0 bridgehead atoms. The van der Waals surface area contributed by atoms with E-state index in [9.17, 15) is 0 Å². The SMILES string of the molecule is CCC1CCC(NC(C)c2ccc(OC(C)C)cc2)CC1. The Morgan fingerprint density at radius 2 is 1.67 bits per heavy atom. The van der Waals surface area contributed by atoms with Crippen molar-refractivity contribution in [3.63, 3.8) is 0 Å². The van der Waals surface area contributed by atoms with Gasteiger partial charge in [0.2, 0.25) is 0 Å². The van der Waals surface area contributed by atoms with Gasteiger partial charge in [-0.1, -0.05) is 25.5 Å². The van der Waals surface area contributed by atoms with Crippen LogP contribution in [0.15, 0.2) is 24.3 Å². The fourth-order valence-electron chi connectivity index (χ4n) is 3.29. The smallest absolute Gasteiger partial charge is 0.119 e. The van der Waals surface area contributed by atoms with Crippen molar-refractivity contribution in [2.45, 2.75) is 78.0 Å². The van der Waals surface area contributed by atoms with Crippen LogP contribution >= 0.6 is 0 Å². The van der Waals surface area contributed by atoms with Crippen LogP contribution in [0.2, 0.25) is 0 Å². The summed E-state index contributed by atoms with van der Waals surface area (Å²) in [4.78, 5) is 0. The molecule has 1 saturated carbocycles. The molecule has 2 heteroatoms. The van der Waals surface area contributed by atoms with Gasteiger partial charge in [0.25, 0.3) is 0 Å². The molecule has 0 saturated heterocycles. The number of nitrogens with one attached hydrogen (secondary N) is 1. The van der Waals surface area contributed by atoms with Crippen LogP contribution in [0.4, 0.5) is 0 Å². The molecule has 1 unspecified atom stereocenters. The van der Waals surface area contributed by atoms with Gasteiger partial charge in [-0.15, -0.1) is 0 Å². The van der Waals surface area contributed by atoms with E-state index in [2.05, 4.69) is 57.3 Å². The number of hydrogen-bond donors (Lipinski definition) is 1. The standard InChI is InChI=1S/C19H31NO/c1-5-16-6-10-18(11-7-16)20-15(4)17-8-12-19(13-9-17)21-14(2)3/h8-9,12-16,18,20H,5-7,10-11H2,1-4H3. The lowest BCUT2D eigenvalue weighted by atomic mass is 9.84. The van der Waals surface area contributed by atoms with Crippen molar-refractivity contribution in [1.29, 1.82) is 0 Å². The Morgan fingerprint density at radius 3 is 2.19 bits per heavy atom. The predicted octanol–water partition coefficient (Wildman–Crippen LogP) is 5.09. The van der Waals surface area contributed by atoms with E-state index in [0.29, 0.717) is 12.1 Å². The minimum Gasteiger partial charge on any atom is -0.491 e.